The quantitative estimate of drug-likeness (QED) is 0.884. The maximum Gasteiger partial charge on any atom is 0.240 e. The molecule has 1 atom stereocenters. The molecule has 0 aliphatic heterocycles. The van der Waals surface area contributed by atoms with Crippen LogP contribution in [0.25, 0.3) is 0 Å². The average molecular weight is 269 g/mol. The van der Waals surface area contributed by atoms with E-state index >= 15 is 0 Å². The number of sulfonamides is 1. The topological polar surface area (TPSA) is 66.4 Å². The third-order valence-electron chi connectivity index (χ3n) is 3.68. The van der Waals surface area contributed by atoms with E-state index in [0.29, 0.717) is 0 Å². The van der Waals surface area contributed by atoms with Crippen LogP contribution in [0.15, 0.2) is 29.2 Å². The SMILES string of the molecule is CC1(C)CCCC1NS(=O)(=O)c1cccc(O)c1. The lowest BCUT2D eigenvalue weighted by Gasteiger charge is -2.27. The van der Waals surface area contributed by atoms with Gasteiger partial charge in [0.25, 0.3) is 0 Å². The molecule has 0 radical (unpaired) electrons. The number of hydrogen-bond acceptors (Lipinski definition) is 3. The molecule has 2 N–H and O–H groups in total. The fourth-order valence-electron chi connectivity index (χ4n) is 2.45. The fraction of sp³-hybridized carbons (Fsp3) is 0.538. The zero-order chi connectivity index (χ0) is 13.4. The minimum Gasteiger partial charge on any atom is -0.508 e. The lowest BCUT2D eigenvalue weighted by molar-refractivity contribution is 0.313. The molecule has 100 valence electrons. The van der Waals surface area contributed by atoms with Gasteiger partial charge in [0.05, 0.1) is 4.90 Å². The normalized spacial score (nSPS) is 23.1. The summed E-state index contributed by atoms with van der Waals surface area (Å²) in [7, 11) is -3.55. The number of benzene rings is 1. The highest BCUT2D eigenvalue weighted by molar-refractivity contribution is 7.89. The Morgan fingerprint density at radius 3 is 2.67 bits per heavy atom. The van der Waals surface area contributed by atoms with E-state index in [2.05, 4.69) is 18.6 Å². The predicted molar refractivity (Wildman–Crippen MR) is 69.8 cm³/mol. The number of phenolic OH excluding ortho intramolecular Hbond substituents is 1. The van der Waals surface area contributed by atoms with Crippen molar-refractivity contribution in [2.24, 2.45) is 5.41 Å². The molecule has 1 unspecified atom stereocenters. The first-order valence-corrected chi connectivity index (χ1v) is 7.61. The van der Waals surface area contributed by atoms with Crippen LogP contribution in [0.4, 0.5) is 0 Å². The van der Waals surface area contributed by atoms with Crippen molar-refractivity contribution in [2.75, 3.05) is 0 Å². The molecule has 0 heterocycles. The third kappa shape index (κ3) is 2.67. The van der Waals surface area contributed by atoms with E-state index in [0.717, 1.165) is 19.3 Å². The van der Waals surface area contributed by atoms with Gasteiger partial charge in [-0.15, -0.1) is 0 Å². The molecule has 18 heavy (non-hydrogen) atoms. The van der Waals surface area contributed by atoms with Gasteiger partial charge in [0.15, 0.2) is 0 Å². The molecule has 1 aromatic carbocycles. The molecule has 1 fully saturated rings. The van der Waals surface area contributed by atoms with Crippen LogP contribution in [0, 0.1) is 5.41 Å². The maximum atomic E-state index is 12.2. The van der Waals surface area contributed by atoms with Crippen molar-refractivity contribution in [3.05, 3.63) is 24.3 Å². The summed E-state index contributed by atoms with van der Waals surface area (Å²) < 4.78 is 27.2. The number of rotatable bonds is 3. The molecular formula is C13H19NO3S. The Bertz CT molecular complexity index is 537. The molecule has 4 nitrogen and oxygen atoms in total. The first-order valence-electron chi connectivity index (χ1n) is 6.13. The van der Waals surface area contributed by atoms with E-state index in [1.807, 2.05) is 0 Å². The van der Waals surface area contributed by atoms with Crippen molar-refractivity contribution >= 4 is 10.0 Å². The second-order valence-corrected chi connectivity index (χ2v) is 7.27. The number of aromatic hydroxyl groups is 1. The minimum atomic E-state index is -3.55. The van der Waals surface area contributed by atoms with Crippen molar-refractivity contribution in [2.45, 2.75) is 44.0 Å². The summed E-state index contributed by atoms with van der Waals surface area (Å²) in [6.07, 6.45) is 2.94. The van der Waals surface area contributed by atoms with E-state index in [4.69, 9.17) is 0 Å². The predicted octanol–water partition coefficient (Wildman–Crippen LogP) is 2.25. The monoisotopic (exact) mass is 269 g/mol. The Labute approximate surface area is 108 Å². The number of hydrogen-bond donors (Lipinski definition) is 2. The van der Waals surface area contributed by atoms with Crippen LogP contribution in [-0.2, 0) is 10.0 Å². The van der Waals surface area contributed by atoms with E-state index in [1.54, 1.807) is 0 Å². The van der Waals surface area contributed by atoms with Crippen molar-refractivity contribution < 1.29 is 13.5 Å². The highest BCUT2D eigenvalue weighted by atomic mass is 32.2. The highest BCUT2D eigenvalue weighted by Gasteiger charge is 2.37. The van der Waals surface area contributed by atoms with Crippen LogP contribution in [0.5, 0.6) is 5.75 Å². The van der Waals surface area contributed by atoms with Crippen LogP contribution in [-0.4, -0.2) is 19.6 Å². The Kier molecular flexibility index (Phi) is 3.38. The van der Waals surface area contributed by atoms with Gasteiger partial charge in [-0.1, -0.05) is 26.3 Å². The van der Waals surface area contributed by atoms with Crippen LogP contribution < -0.4 is 4.72 Å². The van der Waals surface area contributed by atoms with Gasteiger partial charge in [0.1, 0.15) is 5.75 Å². The first-order chi connectivity index (χ1) is 8.31. The molecular weight excluding hydrogens is 250 g/mol. The van der Waals surface area contributed by atoms with Gasteiger partial charge in [-0.2, -0.15) is 0 Å². The minimum absolute atomic E-state index is 0.0100. The van der Waals surface area contributed by atoms with Crippen molar-refractivity contribution in [3.63, 3.8) is 0 Å². The Morgan fingerprint density at radius 2 is 2.11 bits per heavy atom. The molecule has 0 spiro atoms. The van der Waals surface area contributed by atoms with Gasteiger partial charge >= 0.3 is 0 Å². The zero-order valence-corrected chi connectivity index (χ0v) is 11.5. The van der Waals surface area contributed by atoms with Gasteiger partial charge in [-0.05, 0) is 36.5 Å². The molecule has 1 aromatic rings. The van der Waals surface area contributed by atoms with Gasteiger partial charge in [0, 0.05) is 6.04 Å². The summed E-state index contributed by atoms with van der Waals surface area (Å²) in [6, 6.07) is 5.71. The second-order valence-electron chi connectivity index (χ2n) is 5.55. The van der Waals surface area contributed by atoms with E-state index in [-0.39, 0.29) is 22.1 Å². The van der Waals surface area contributed by atoms with Gasteiger partial charge in [-0.25, -0.2) is 13.1 Å². The van der Waals surface area contributed by atoms with E-state index < -0.39 is 10.0 Å². The smallest absolute Gasteiger partial charge is 0.240 e. The standard InChI is InChI=1S/C13H19NO3S/c1-13(2)8-4-7-12(13)14-18(16,17)11-6-3-5-10(15)9-11/h3,5-6,9,12,14-15H,4,7-8H2,1-2H3. The summed E-state index contributed by atoms with van der Waals surface area (Å²) in [5.74, 6) is -0.0384. The lowest BCUT2D eigenvalue weighted by Crippen LogP contribution is -2.41. The lowest BCUT2D eigenvalue weighted by atomic mass is 9.88. The molecule has 0 amide bonds. The van der Waals surface area contributed by atoms with Crippen LogP contribution in [0.2, 0.25) is 0 Å². The second kappa shape index (κ2) is 4.55. The molecule has 0 saturated heterocycles. The van der Waals surface area contributed by atoms with Crippen molar-refractivity contribution in [1.82, 2.24) is 4.72 Å². The molecule has 2 rings (SSSR count). The number of phenols is 1. The molecule has 1 aliphatic carbocycles. The van der Waals surface area contributed by atoms with E-state index in [9.17, 15) is 13.5 Å². The Balaban J connectivity index is 2.23. The molecule has 0 bridgehead atoms. The average Bonchev–Trinajstić information content (AvgIpc) is 2.58. The highest BCUT2D eigenvalue weighted by Crippen LogP contribution is 2.37. The molecule has 1 saturated carbocycles. The number of nitrogens with one attached hydrogen (secondary N) is 1. The summed E-state index contributed by atoms with van der Waals surface area (Å²) in [5.41, 5.74) is -0.0100. The van der Waals surface area contributed by atoms with E-state index in [1.165, 1.54) is 24.3 Å². The summed E-state index contributed by atoms with van der Waals surface area (Å²) in [5, 5.41) is 9.35. The summed E-state index contributed by atoms with van der Waals surface area (Å²) in [4.78, 5) is 0.116. The summed E-state index contributed by atoms with van der Waals surface area (Å²) in [6.45, 7) is 4.16. The Hall–Kier alpha value is -1.07. The fourth-order valence-corrected chi connectivity index (χ4v) is 3.93. The van der Waals surface area contributed by atoms with Crippen LogP contribution in [0.3, 0.4) is 0 Å². The molecule has 5 heteroatoms. The first kappa shape index (κ1) is 13.4. The van der Waals surface area contributed by atoms with Crippen molar-refractivity contribution in [3.8, 4) is 5.75 Å². The van der Waals surface area contributed by atoms with Gasteiger partial charge in [0.2, 0.25) is 10.0 Å². The summed E-state index contributed by atoms with van der Waals surface area (Å²) >= 11 is 0. The van der Waals surface area contributed by atoms with Gasteiger partial charge in [-0.3, -0.25) is 0 Å². The van der Waals surface area contributed by atoms with Crippen LogP contribution in [0.1, 0.15) is 33.1 Å². The molecule has 0 aromatic heterocycles. The van der Waals surface area contributed by atoms with Crippen molar-refractivity contribution in [1.29, 1.82) is 0 Å². The zero-order valence-electron chi connectivity index (χ0n) is 10.7. The third-order valence-corrected chi connectivity index (χ3v) is 5.15. The maximum absolute atomic E-state index is 12.2. The Morgan fingerprint density at radius 1 is 1.39 bits per heavy atom. The largest absolute Gasteiger partial charge is 0.508 e. The van der Waals surface area contributed by atoms with Gasteiger partial charge < -0.3 is 5.11 Å². The molecule has 1 aliphatic rings. The van der Waals surface area contributed by atoms with Crippen LogP contribution >= 0.6 is 0 Å².